The zero-order valence-electron chi connectivity index (χ0n) is 35.7. The van der Waals surface area contributed by atoms with Gasteiger partial charge in [-0.15, -0.1) is 0 Å². The Balaban J connectivity index is 4.09. The van der Waals surface area contributed by atoms with Gasteiger partial charge < -0.3 is 19.7 Å². The number of hydrogen-bond acceptors (Lipinski definition) is 5. The Morgan fingerprint density at radius 3 is 1.38 bits per heavy atom. The molecule has 0 heterocycles. The predicted octanol–water partition coefficient (Wildman–Crippen LogP) is 13.3. The summed E-state index contributed by atoms with van der Waals surface area (Å²) in [5, 5.41) is 3.12. The van der Waals surface area contributed by atoms with Crippen LogP contribution < -0.4 is 5.32 Å². The molecule has 0 saturated heterocycles. The average molecular weight is 737 g/mol. The third kappa shape index (κ3) is 38.6. The number of methoxy groups -OCH3 is 1. The first-order valence-electron chi connectivity index (χ1n) is 23.2. The van der Waals surface area contributed by atoms with Crippen LogP contribution in [0, 0.1) is 0 Å². The van der Waals surface area contributed by atoms with Crippen molar-refractivity contribution in [1.82, 2.24) is 10.2 Å². The molecule has 0 atom stereocenters. The molecule has 1 N–H and O–H groups in total. The van der Waals surface area contributed by atoms with Crippen molar-refractivity contribution in [3.05, 3.63) is 0 Å². The van der Waals surface area contributed by atoms with Gasteiger partial charge in [0.05, 0.1) is 0 Å². The number of carbonyl (C=O) groups is 2. The van der Waals surface area contributed by atoms with Crippen LogP contribution in [0.3, 0.4) is 0 Å². The van der Waals surface area contributed by atoms with E-state index in [2.05, 4.69) is 31.0 Å². The SMILES string of the molecule is CCCCCCCCCNC(=O)CCCCCCCN(CCCCCCCC(=O)OC(CCCCCCCC)CCCCCCCC)CCCOC. The second kappa shape index (κ2) is 42.6. The summed E-state index contributed by atoms with van der Waals surface area (Å²) in [5.41, 5.74) is 0. The zero-order chi connectivity index (χ0) is 38.0. The van der Waals surface area contributed by atoms with Crippen LogP contribution in [0.25, 0.3) is 0 Å². The molecule has 1 amide bonds. The molecule has 6 nitrogen and oxygen atoms in total. The summed E-state index contributed by atoms with van der Waals surface area (Å²) < 4.78 is 11.4. The molecule has 310 valence electrons. The van der Waals surface area contributed by atoms with Crippen LogP contribution >= 0.6 is 0 Å². The molecular weight excluding hydrogens is 645 g/mol. The third-order valence-corrected chi connectivity index (χ3v) is 10.7. The van der Waals surface area contributed by atoms with E-state index in [1.807, 2.05) is 0 Å². The molecule has 0 unspecified atom stereocenters. The maximum atomic E-state index is 12.8. The van der Waals surface area contributed by atoms with E-state index in [0.717, 1.165) is 84.2 Å². The van der Waals surface area contributed by atoms with Crippen molar-refractivity contribution < 1.29 is 19.1 Å². The van der Waals surface area contributed by atoms with Gasteiger partial charge in [-0.1, -0.05) is 162 Å². The van der Waals surface area contributed by atoms with Gasteiger partial charge in [0.1, 0.15) is 6.10 Å². The highest BCUT2D eigenvalue weighted by atomic mass is 16.5. The van der Waals surface area contributed by atoms with Gasteiger partial charge in [-0.3, -0.25) is 9.59 Å². The normalized spacial score (nSPS) is 11.6. The van der Waals surface area contributed by atoms with Crippen molar-refractivity contribution in [3.63, 3.8) is 0 Å². The zero-order valence-corrected chi connectivity index (χ0v) is 35.7. The number of nitrogens with zero attached hydrogens (tertiary/aromatic N) is 1. The Hall–Kier alpha value is -1.14. The van der Waals surface area contributed by atoms with E-state index in [4.69, 9.17) is 9.47 Å². The highest BCUT2D eigenvalue weighted by Gasteiger charge is 2.14. The number of rotatable bonds is 43. The van der Waals surface area contributed by atoms with E-state index in [9.17, 15) is 9.59 Å². The summed E-state index contributed by atoms with van der Waals surface area (Å²) in [6, 6.07) is 0. The number of unbranched alkanes of at least 4 members (excludes halogenated alkanes) is 24. The van der Waals surface area contributed by atoms with Gasteiger partial charge >= 0.3 is 5.97 Å². The lowest BCUT2D eigenvalue weighted by Crippen LogP contribution is -2.28. The molecule has 52 heavy (non-hydrogen) atoms. The molecule has 0 aromatic heterocycles. The van der Waals surface area contributed by atoms with Gasteiger partial charge in [-0.2, -0.15) is 0 Å². The summed E-state index contributed by atoms with van der Waals surface area (Å²) in [5.74, 6) is 0.273. The molecule has 0 aromatic carbocycles. The Kier molecular flexibility index (Phi) is 41.7. The fourth-order valence-electron chi connectivity index (χ4n) is 7.26. The van der Waals surface area contributed by atoms with Gasteiger partial charge in [0, 0.05) is 39.6 Å². The van der Waals surface area contributed by atoms with E-state index in [0.29, 0.717) is 12.8 Å². The molecule has 0 radical (unpaired) electrons. The molecule has 0 aliphatic heterocycles. The number of carbonyl (C=O) groups excluding carboxylic acids is 2. The molecule has 0 aliphatic carbocycles. The molecule has 0 saturated carbocycles. The molecule has 0 fully saturated rings. The smallest absolute Gasteiger partial charge is 0.306 e. The van der Waals surface area contributed by atoms with Crippen molar-refractivity contribution in [2.24, 2.45) is 0 Å². The van der Waals surface area contributed by atoms with E-state index in [1.165, 1.54) is 154 Å². The van der Waals surface area contributed by atoms with Crippen molar-refractivity contribution >= 4 is 11.9 Å². The number of nitrogens with one attached hydrogen (secondary N) is 1. The van der Waals surface area contributed by atoms with Crippen LogP contribution in [0.4, 0.5) is 0 Å². The fourth-order valence-corrected chi connectivity index (χ4v) is 7.26. The van der Waals surface area contributed by atoms with Crippen molar-refractivity contribution in [2.75, 3.05) is 39.9 Å². The van der Waals surface area contributed by atoms with Crippen molar-refractivity contribution in [2.45, 2.75) is 245 Å². The minimum atomic E-state index is 0.0355. The lowest BCUT2D eigenvalue weighted by molar-refractivity contribution is -0.150. The summed E-state index contributed by atoms with van der Waals surface area (Å²) in [7, 11) is 1.79. The third-order valence-electron chi connectivity index (χ3n) is 10.7. The summed E-state index contributed by atoms with van der Waals surface area (Å²) in [4.78, 5) is 27.5. The molecule has 0 spiro atoms. The quantitative estimate of drug-likeness (QED) is 0.0499. The van der Waals surface area contributed by atoms with Gasteiger partial charge in [-0.05, 0) is 77.3 Å². The second-order valence-electron chi connectivity index (χ2n) is 15.9. The number of hydrogen-bond donors (Lipinski definition) is 1. The largest absolute Gasteiger partial charge is 0.462 e. The summed E-state index contributed by atoms with van der Waals surface area (Å²) >= 11 is 0. The van der Waals surface area contributed by atoms with E-state index >= 15 is 0 Å². The van der Waals surface area contributed by atoms with E-state index < -0.39 is 0 Å². The maximum absolute atomic E-state index is 12.8. The highest BCUT2D eigenvalue weighted by molar-refractivity contribution is 5.75. The van der Waals surface area contributed by atoms with Gasteiger partial charge in [-0.25, -0.2) is 0 Å². The lowest BCUT2D eigenvalue weighted by atomic mass is 10.0. The standard InChI is InChI=1S/C46H92N2O4/c1-5-8-11-14-17-24-31-39-47-45(49)37-29-22-18-25-32-40-48(42-34-43-51-4)41-33-26-19-23-30-38-46(50)52-44(35-27-20-15-12-9-6-2)36-28-21-16-13-10-7-3/h44H,5-43H2,1-4H3,(H,47,49). The minimum absolute atomic E-state index is 0.0355. The van der Waals surface area contributed by atoms with Gasteiger partial charge in [0.15, 0.2) is 0 Å². The first-order chi connectivity index (χ1) is 25.6. The van der Waals surface area contributed by atoms with E-state index in [-0.39, 0.29) is 18.0 Å². The predicted molar refractivity (Wildman–Crippen MR) is 225 cm³/mol. The first kappa shape index (κ1) is 50.9. The van der Waals surface area contributed by atoms with Crippen LogP contribution in [0.15, 0.2) is 0 Å². The second-order valence-corrected chi connectivity index (χ2v) is 15.9. The highest BCUT2D eigenvalue weighted by Crippen LogP contribution is 2.18. The van der Waals surface area contributed by atoms with Crippen LogP contribution in [-0.4, -0.2) is 62.8 Å². The monoisotopic (exact) mass is 737 g/mol. The van der Waals surface area contributed by atoms with Crippen LogP contribution in [-0.2, 0) is 19.1 Å². The summed E-state index contributed by atoms with van der Waals surface area (Å²) in [6.07, 6.45) is 40.7. The summed E-state index contributed by atoms with van der Waals surface area (Å²) in [6.45, 7) is 11.9. The van der Waals surface area contributed by atoms with Crippen LogP contribution in [0.1, 0.15) is 239 Å². The number of ether oxygens (including phenoxy) is 2. The topological polar surface area (TPSA) is 67.9 Å². The maximum Gasteiger partial charge on any atom is 0.306 e. The molecule has 0 bridgehead atoms. The lowest BCUT2D eigenvalue weighted by Gasteiger charge is -2.22. The fraction of sp³-hybridized carbons (Fsp3) is 0.957. The number of amides is 1. The Morgan fingerprint density at radius 1 is 0.481 bits per heavy atom. The average Bonchev–Trinajstić information content (AvgIpc) is 3.14. The minimum Gasteiger partial charge on any atom is -0.462 e. The van der Waals surface area contributed by atoms with E-state index in [1.54, 1.807) is 7.11 Å². The Labute approximate surface area is 325 Å². The molecule has 0 aliphatic rings. The first-order valence-corrected chi connectivity index (χ1v) is 23.2. The van der Waals surface area contributed by atoms with Crippen LogP contribution in [0.2, 0.25) is 0 Å². The Bertz CT molecular complexity index is 717. The molecule has 6 heteroatoms. The molecule has 0 aromatic rings. The van der Waals surface area contributed by atoms with Crippen molar-refractivity contribution in [1.29, 1.82) is 0 Å². The van der Waals surface area contributed by atoms with Gasteiger partial charge in [0.25, 0.3) is 0 Å². The van der Waals surface area contributed by atoms with Crippen LogP contribution in [0.5, 0.6) is 0 Å². The molecule has 0 rings (SSSR count). The Morgan fingerprint density at radius 2 is 0.885 bits per heavy atom. The van der Waals surface area contributed by atoms with Crippen molar-refractivity contribution in [3.8, 4) is 0 Å². The van der Waals surface area contributed by atoms with Gasteiger partial charge in [0.2, 0.25) is 5.91 Å². The molecular formula is C46H92N2O4. The number of esters is 1.